The van der Waals surface area contributed by atoms with E-state index in [9.17, 15) is 14.4 Å². The number of carbonyl (C=O) groups excluding carboxylic acids is 3. The largest absolute Gasteiger partial charge is 0.462 e. The Kier molecular flexibility index (Phi) is 7.45. The monoisotopic (exact) mass is 475 g/mol. The van der Waals surface area contributed by atoms with E-state index in [1.165, 1.54) is 6.20 Å². The molecule has 2 N–H and O–H groups in total. The van der Waals surface area contributed by atoms with E-state index >= 15 is 0 Å². The molecule has 1 saturated heterocycles. The Bertz CT molecular complexity index is 1180. The molecule has 4 rings (SSSR count). The molecule has 9 nitrogen and oxygen atoms in total. The maximum absolute atomic E-state index is 13.0. The van der Waals surface area contributed by atoms with Crippen LogP contribution in [0.2, 0.25) is 0 Å². The van der Waals surface area contributed by atoms with Gasteiger partial charge in [-0.05, 0) is 63.1 Å². The minimum Gasteiger partial charge on any atom is -0.462 e. The van der Waals surface area contributed by atoms with E-state index in [0.29, 0.717) is 49.4 Å². The standard InChI is InChI=1S/C26H29N5O4/c1-3-35-25(33)23-17-27-31(18(23)2)22-11-9-19(10-12-22)24(32)30-15-13-21(14-16-30)29-26(34)28-20-7-5-4-6-8-20/h4-12,17,21H,3,13-16H2,1-2H3,(H2,28,29,34). The van der Waals surface area contributed by atoms with Crippen molar-refractivity contribution in [1.82, 2.24) is 20.0 Å². The van der Waals surface area contributed by atoms with Crippen LogP contribution in [-0.4, -0.2) is 58.3 Å². The maximum atomic E-state index is 13.0. The molecular formula is C26H29N5O4. The third-order valence-electron chi connectivity index (χ3n) is 6.01. The molecule has 1 aliphatic rings. The molecule has 0 aliphatic carbocycles. The third kappa shape index (κ3) is 5.68. The molecule has 3 aromatic rings. The van der Waals surface area contributed by atoms with Gasteiger partial charge in [-0.15, -0.1) is 0 Å². The number of nitrogens with one attached hydrogen (secondary N) is 2. The number of aromatic nitrogens is 2. The minimum absolute atomic E-state index is 0.0153. The number of hydrogen-bond donors (Lipinski definition) is 2. The summed E-state index contributed by atoms with van der Waals surface area (Å²) in [5, 5.41) is 10.1. The van der Waals surface area contributed by atoms with Crippen molar-refractivity contribution >= 4 is 23.6 Å². The highest BCUT2D eigenvalue weighted by Crippen LogP contribution is 2.19. The van der Waals surface area contributed by atoms with Gasteiger partial charge in [0.15, 0.2) is 0 Å². The van der Waals surface area contributed by atoms with Crippen LogP contribution in [0.3, 0.4) is 0 Å². The minimum atomic E-state index is -0.404. The number of nitrogens with zero attached hydrogens (tertiary/aromatic N) is 3. The van der Waals surface area contributed by atoms with E-state index in [-0.39, 0.29) is 18.0 Å². The predicted molar refractivity (Wildman–Crippen MR) is 132 cm³/mol. The highest BCUT2D eigenvalue weighted by molar-refractivity contribution is 5.94. The Balaban J connectivity index is 1.31. The fourth-order valence-electron chi connectivity index (χ4n) is 4.11. The van der Waals surface area contributed by atoms with Crippen molar-refractivity contribution in [2.24, 2.45) is 0 Å². The highest BCUT2D eigenvalue weighted by atomic mass is 16.5. The van der Waals surface area contributed by atoms with Crippen LogP contribution in [0, 0.1) is 6.92 Å². The molecular weight excluding hydrogens is 446 g/mol. The van der Waals surface area contributed by atoms with Gasteiger partial charge in [-0.2, -0.15) is 5.10 Å². The number of carbonyl (C=O) groups is 3. The third-order valence-corrected chi connectivity index (χ3v) is 6.01. The molecule has 1 fully saturated rings. The fourth-order valence-corrected chi connectivity index (χ4v) is 4.11. The molecule has 0 saturated carbocycles. The van der Waals surface area contributed by atoms with E-state index in [1.54, 1.807) is 35.6 Å². The first-order valence-corrected chi connectivity index (χ1v) is 11.7. The van der Waals surface area contributed by atoms with Gasteiger partial charge < -0.3 is 20.3 Å². The lowest BCUT2D eigenvalue weighted by molar-refractivity contribution is 0.0525. The average molecular weight is 476 g/mol. The summed E-state index contributed by atoms with van der Waals surface area (Å²) in [6.45, 7) is 5.00. The number of amides is 3. The molecule has 1 aliphatic heterocycles. The maximum Gasteiger partial charge on any atom is 0.341 e. The number of esters is 1. The van der Waals surface area contributed by atoms with Gasteiger partial charge in [-0.1, -0.05) is 18.2 Å². The normalized spacial score (nSPS) is 13.8. The molecule has 2 heterocycles. The Morgan fingerprint density at radius 3 is 2.37 bits per heavy atom. The van der Waals surface area contributed by atoms with E-state index < -0.39 is 5.97 Å². The molecule has 35 heavy (non-hydrogen) atoms. The predicted octanol–water partition coefficient (Wildman–Crippen LogP) is 3.78. The molecule has 0 spiro atoms. The van der Waals surface area contributed by atoms with Crippen LogP contribution in [0.4, 0.5) is 10.5 Å². The van der Waals surface area contributed by atoms with Crippen LogP contribution in [0.25, 0.3) is 5.69 Å². The number of piperidine rings is 1. The number of likely N-dealkylation sites (tertiary alicyclic amines) is 1. The molecule has 3 amide bonds. The lowest BCUT2D eigenvalue weighted by atomic mass is 10.0. The number of urea groups is 1. The summed E-state index contributed by atoms with van der Waals surface area (Å²) in [4.78, 5) is 39.1. The van der Waals surface area contributed by atoms with Crippen LogP contribution in [0.5, 0.6) is 0 Å². The Labute approximate surface area is 204 Å². The van der Waals surface area contributed by atoms with Crippen LogP contribution >= 0.6 is 0 Å². The summed E-state index contributed by atoms with van der Waals surface area (Å²) >= 11 is 0. The first-order chi connectivity index (χ1) is 17.0. The molecule has 0 unspecified atom stereocenters. The number of para-hydroxylation sites is 1. The van der Waals surface area contributed by atoms with Crippen molar-refractivity contribution < 1.29 is 19.1 Å². The van der Waals surface area contributed by atoms with Gasteiger partial charge in [0.2, 0.25) is 0 Å². The molecule has 0 atom stereocenters. The van der Waals surface area contributed by atoms with Gasteiger partial charge in [0.05, 0.1) is 24.2 Å². The van der Waals surface area contributed by atoms with Crippen molar-refractivity contribution in [3.8, 4) is 5.69 Å². The average Bonchev–Trinajstić information content (AvgIpc) is 3.26. The van der Waals surface area contributed by atoms with Gasteiger partial charge >= 0.3 is 12.0 Å². The van der Waals surface area contributed by atoms with Gasteiger partial charge in [0.25, 0.3) is 5.91 Å². The second kappa shape index (κ2) is 10.9. The second-order valence-electron chi connectivity index (χ2n) is 8.35. The first-order valence-electron chi connectivity index (χ1n) is 11.7. The van der Waals surface area contributed by atoms with Crippen molar-refractivity contribution in [2.45, 2.75) is 32.7 Å². The van der Waals surface area contributed by atoms with Crippen molar-refractivity contribution in [3.63, 3.8) is 0 Å². The zero-order valence-corrected chi connectivity index (χ0v) is 19.9. The lowest BCUT2D eigenvalue weighted by Gasteiger charge is -2.32. The zero-order valence-electron chi connectivity index (χ0n) is 19.9. The molecule has 182 valence electrons. The van der Waals surface area contributed by atoms with Crippen molar-refractivity contribution in [1.29, 1.82) is 0 Å². The van der Waals surface area contributed by atoms with Crippen molar-refractivity contribution in [3.05, 3.63) is 77.6 Å². The van der Waals surface area contributed by atoms with Crippen LogP contribution in [-0.2, 0) is 4.74 Å². The lowest BCUT2D eigenvalue weighted by Crippen LogP contribution is -2.47. The summed E-state index contributed by atoms with van der Waals surface area (Å²) < 4.78 is 6.71. The SMILES string of the molecule is CCOC(=O)c1cnn(-c2ccc(C(=O)N3CCC(NC(=O)Nc4ccccc4)CC3)cc2)c1C. The van der Waals surface area contributed by atoms with Gasteiger partial charge in [-0.3, -0.25) is 4.79 Å². The Morgan fingerprint density at radius 1 is 1.03 bits per heavy atom. The Hall–Kier alpha value is -4.14. The number of benzene rings is 2. The van der Waals surface area contributed by atoms with Crippen LogP contribution < -0.4 is 10.6 Å². The van der Waals surface area contributed by atoms with Gasteiger partial charge in [0.1, 0.15) is 5.56 Å². The van der Waals surface area contributed by atoms with E-state index in [0.717, 1.165) is 11.4 Å². The van der Waals surface area contributed by atoms with E-state index in [2.05, 4.69) is 15.7 Å². The summed E-state index contributed by atoms with van der Waals surface area (Å²) in [5.41, 5.74) is 3.16. The quantitative estimate of drug-likeness (QED) is 0.528. The number of rotatable bonds is 6. The van der Waals surface area contributed by atoms with Gasteiger partial charge in [0, 0.05) is 30.4 Å². The summed E-state index contributed by atoms with van der Waals surface area (Å²) in [6.07, 6.45) is 2.87. The Morgan fingerprint density at radius 2 is 1.71 bits per heavy atom. The first kappa shape index (κ1) is 24.0. The molecule has 9 heteroatoms. The molecule has 2 aromatic carbocycles. The molecule has 0 bridgehead atoms. The fraction of sp³-hybridized carbons (Fsp3) is 0.308. The van der Waals surface area contributed by atoms with Crippen LogP contribution in [0.15, 0.2) is 60.8 Å². The second-order valence-corrected chi connectivity index (χ2v) is 8.35. The summed E-state index contributed by atoms with van der Waals surface area (Å²) in [5.74, 6) is -0.452. The summed E-state index contributed by atoms with van der Waals surface area (Å²) in [6, 6.07) is 16.2. The zero-order chi connectivity index (χ0) is 24.8. The number of ether oxygens (including phenoxy) is 1. The summed E-state index contributed by atoms with van der Waals surface area (Å²) in [7, 11) is 0. The van der Waals surface area contributed by atoms with E-state index in [4.69, 9.17) is 4.74 Å². The number of hydrogen-bond acceptors (Lipinski definition) is 5. The van der Waals surface area contributed by atoms with Gasteiger partial charge in [-0.25, -0.2) is 14.3 Å². The van der Waals surface area contributed by atoms with E-state index in [1.807, 2.05) is 42.5 Å². The number of anilines is 1. The molecule has 1 aromatic heterocycles. The molecule has 0 radical (unpaired) electrons. The smallest absolute Gasteiger partial charge is 0.341 e. The van der Waals surface area contributed by atoms with Crippen molar-refractivity contribution in [2.75, 3.05) is 25.0 Å². The topological polar surface area (TPSA) is 106 Å². The van der Waals surface area contributed by atoms with Crippen LogP contribution in [0.1, 0.15) is 46.2 Å². The highest BCUT2D eigenvalue weighted by Gasteiger charge is 2.25.